The Labute approximate surface area is 198 Å². The average Bonchev–Trinajstić information content (AvgIpc) is 2.87. The lowest BCUT2D eigenvalue weighted by Crippen LogP contribution is -2.26. The molecule has 0 aliphatic carbocycles. The predicted octanol–water partition coefficient (Wildman–Crippen LogP) is 2.90. The minimum absolute atomic E-state index is 0.0267. The predicted molar refractivity (Wildman–Crippen MR) is 129 cm³/mol. The van der Waals surface area contributed by atoms with Crippen molar-refractivity contribution >= 4 is 33.2 Å². The summed E-state index contributed by atoms with van der Waals surface area (Å²) in [5, 5.41) is 5.16. The van der Waals surface area contributed by atoms with Gasteiger partial charge in [-0.15, -0.1) is 0 Å². The number of rotatable bonds is 9. The molecule has 2 N–H and O–H groups in total. The standard InChI is InChI=1S/C24H25N3O6S/c1-25-23(28)16-33-21-8-5-7-18(15-21)26-24(29)17-6-4-9-22(14-17)34(30,31)27(2)19-10-12-20(32-3)13-11-19/h4-15H,16H2,1-3H3,(H,25,28)(H,26,29). The van der Waals surface area contributed by atoms with Crippen molar-refractivity contribution in [1.29, 1.82) is 0 Å². The Bertz CT molecular complexity index is 1280. The van der Waals surface area contributed by atoms with Gasteiger partial charge in [0.05, 0.1) is 17.7 Å². The third-order valence-corrected chi connectivity index (χ3v) is 6.71. The fourth-order valence-corrected chi connectivity index (χ4v) is 4.22. The summed E-state index contributed by atoms with van der Waals surface area (Å²) in [6, 6.07) is 18.9. The molecule has 178 valence electrons. The van der Waals surface area contributed by atoms with Crippen molar-refractivity contribution in [1.82, 2.24) is 5.32 Å². The highest BCUT2D eigenvalue weighted by Crippen LogP contribution is 2.25. The lowest BCUT2D eigenvalue weighted by atomic mass is 10.2. The van der Waals surface area contributed by atoms with Gasteiger partial charge >= 0.3 is 0 Å². The van der Waals surface area contributed by atoms with Crippen LogP contribution in [0.25, 0.3) is 0 Å². The Balaban J connectivity index is 1.76. The number of carbonyl (C=O) groups excluding carboxylic acids is 2. The van der Waals surface area contributed by atoms with Crippen LogP contribution in [0.5, 0.6) is 11.5 Å². The molecule has 0 unspecified atom stereocenters. The van der Waals surface area contributed by atoms with Gasteiger partial charge in [-0.3, -0.25) is 13.9 Å². The summed E-state index contributed by atoms with van der Waals surface area (Å²) >= 11 is 0. The van der Waals surface area contributed by atoms with Crippen molar-refractivity contribution in [2.45, 2.75) is 4.90 Å². The molecule has 0 bridgehead atoms. The van der Waals surface area contributed by atoms with E-state index in [2.05, 4.69) is 10.6 Å². The van der Waals surface area contributed by atoms with Crippen LogP contribution in [0, 0.1) is 0 Å². The van der Waals surface area contributed by atoms with E-state index < -0.39 is 15.9 Å². The number of hydrogen-bond donors (Lipinski definition) is 2. The zero-order chi connectivity index (χ0) is 24.7. The van der Waals surface area contributed by atoms with Crippen LogP contribution in [0.2, 0.25) is 0 Å². The third kappa shape index (κ3) is 5.84. The fourth-order valence-electron chi connectivity index (χ4n) is 2.97. The smallest absolute Gasteiger partial charge is 0.264 e. The Kier molecular flexibility index (Phi) is 7.75. The molecule has 9 nitrogen and oxygen atoms in total. The first-order valence-electron chi connectivity index (χ1n) is 10.2. The lowest BCUT2D eigenvalue weighted by molar-refractivity contribution is -0.122. The molecule has 0 aromatic heterocycles. The van der Waals surface area contributed by atoms with E-state index in [4.69, 9.17) is 9.47 Å². The number of methoxy groups -OCH3 is 1. The number of anilines is 2. The van der Waals surface area contributed by atoms with Crippen molar-refractivity contribution in [2.24, 2.45) is 0 Å². The van der Waals surface area contributed by atoms with Crippen LogP contribution in [-0.4, -0.2) is 48.0 Å². The van der Waals surface area contributed by atoms with Crippen LogP contribution >= 0.6 is 0 Å². The van der Waals surface area contributed by atoms with E-state index in [-0.39, 0.29) is 23.0 Å². The first-order chi connectivity index (χ1) is 16.2. The number of likely N-dealkylation sites (N-methyl/N-ethyl adjacent to an activating group) is 1. The number of nitrogens with one attached hydrogen (secondary N) is 2. The van der Waals surface area contributed by atoms with Crippen LogP contribution in [0.3, 0.4) is 0 Å². The Morgan fingerprint density at radius 2 is 1.65 bits per heavy atom. The molecule has 34 heavy (non-hydrogen) atoms. The van der Waals surface area contributed by atoms with Gasteiger partial charge in [-0.2, -0.15) is 0 Å². The van der Waals surface area contributed by atoms with Crippen molar-refractivity contribution in [2.75, 3.05) is 37.4 Å². The summed E-state index contributed by atoms with van der Waals surface area (Å²) in [6.45, 7) is -0.157. The molecule has 0 aliphatic heterocycles. The van der Waals surface area contributed by atoms with E-state index in [0.717, 1.165) is 4.31 Å². The second-order valence-electron chi connectivity index (χ2n) is 7.14. The van der Waals surface area contributed by atoms with E-state index in [1.165, 1.54) is 45.5 Å². The van der Waals surface area contributed by atoms with Crippen LogP contribution in [0.15, 0.2) is 77.7 Å². The number of benzene rings is 3. The summed E-state index contributed by atoms with van der Waals surface area (Å²) in [5.74, 6) is 0.231. The Morgan fingerprint density at radius 1 is 0.941 bits per heavy atom. The largest absolute Gasteiger partial charge is 0.497 e. The number of nitrogens with zero attached hydrogens (tertiary/aromatic N) is 1. The van der Waals surface area contributed by atoms with E-state index in [1.54, 1.807) is 48.5 Å². The summed E-state index contributed by atoms with van der Waals surface area (Å²) < 4.78 is 37.9. The fraction of sp³-hybridized carbons (Fsp3) is 0.167. The summed E-state index contributed by atoms with van der Waals surface area (Å²) in [5.41, 5.74) is 1.05. The number of sulfonamides is 1. The molecule has 2 amide bonds. The molecule has 0 atom stereocenters. The molecule has 3 aromatic rings. The van der Waals surface area contributed by atoms with Crippen LogP contribution in [-0.2, 0) is 14.8 Å². The quantitative estimate of drug-likeness (QED) is 0.484. The zero-order valence-electron chi connectivity index (χ0n) is 18.9. The molecule has 3 aromatic carbocycles. The number of hydrogen-bond acceptors (Lipinski definition) is 6. The molecule has 0 saturated heterocycles. The van der Waals surface area contributed by atoms with Crippen molar-refractivity contribution < 1.29 is 27.5 Å². The number of amides is 2. The second-order valence-corrected chi connectivity index (χ2v) is 9.11. The van der Waals surface area contributed by atoms with Gasteiger partial charge in [-0.1, -0.05) is 12.1 Å². The molecule has 0 heterocycles. The topological polar surface area (TPSA) is 114 Å². The highest BCUT2D eigenvalue weighted by molar-refractivity contribution is 7.92. The van der Waals surface area contributed by atoms with Gasteiger partial charge in [0, 0.05) is 31.4 Å². The molecule has 10 heteroatoms. The summed E-state index contributed by atoms with van der Waals surface area (Å²) in [4.78, 5) is 24.1. The molecule has 0 saturated carbocycles. The van der Waals surface area contributed by atoms with Gasteiger partial charge in [0.2, 0.25) is 0 Å². The van der Waals surface area contributed by atoms with Crippen molar-refractivity contribution in [3.8, 4) is 11.5 Å². The van der Waals surface area contributed by atoms with E-state index >= 15 is 0 Å². The van der Waals surface area contributed by atoms with Gasteiger partial charge in [0.25, 0.3) is 21.8 Å². The van der Waals surface area contributed by atoms with Gasteiger partial charge < -0.3 is 20.1 Å². The SMILES string of the molecule is CNC(=O)COc1cccc(NC(=O)c2cccc(S(=O)(=O)N(C)c3ccc(OC)cc3)c2)c1. The van der Waals surface area contributed by atoms with E-state index in [1.807, 2.05) is 0 Å². The van der Waals surface area contributed by atoms with Crippen LogP contribution < -0.4 is 24.4 Å². The highest BCUT2D eigenvalue weighted by Gasteiger charge is 2.22. The first-order valence-corrected chi connectivity index (χ1v) is 11.7. The van der Waals surface area contributed by atoms with E-state index in [0.29, 0.717) is 22.9 Å². The molecule has 0 spiro atoms. The summed E-state index contributed by atoms with van der Waals surface area (Å²) in [6.07, 6.45) is 0. The second kappa shape index (κ2) is 10.7. The minimum Gasteiger partial charge on any atom is -0.497 e. The van der Waals surface area contributed by atoms with Gasteiger partial charge in [-0.05, 0) is 54.6 Å². The maximum atomic E-state index is 13.1. The maximum absolute atomic E-state index is 13.1. The Hall–Kier alpha value is -4.05. The highest BCUT2D eigenvalue weighted by atomic mass is 32.2. The van der Waals surface area contributed by atoms with Gasteiger partial charge in [0.1, 0.15) is 11.5 Å². The van der Waals surface area contributed by atoms with Crippen molar-refractivity contribution in [3.63, 3.8) is 0 Å². The average molecular weight is 484 g/mol. The monoisotopic (exact) mass is 483 g/mol. The van der Waals surface area contributed by atoms with Gasteiger partial charge in [0.15, 0.2) is 6.61 Å². The third-order valence-electron chi connectivity index (χ3n) is 4.93. The van der Waals surface area contributed by atoms with Gasteiger partial charge in [-0.25, -0.2) is 8.42 Å². The van der Waals surface area contributed by atoms with Crippen LogP contribution in [0.4, 0.5) is 11.4 Å². The zero-order valence-corrected chi connectivity index (χ0v) is 19.8. The summed E-state index contributed by atoms with van der Waals surface area (Å²) in [7, 11) is 0.561. The maximum Gasteiger partial charge on any atom is 0.264 e. The molecule has 0 fully saturated rings. The molecular formula is C24H25N3O6S. The molecular weight excluding hydrogens is 458 g/mol. The minimum atomic E-state index is -3.91. The molecule has 0 radical (unpaired) electrons. The van der Waals surface area contributed by atoms with E-state index in [9.17, 15) is 18.0 Å². The lowest BCUT2D eigenvalue weighted by Gasteiger charge is -2.20. The van der Waals surface area contributed by atoms with Crippen molar-refractivity contribution in [3.05, 3.63) is 78.4 Å². The molecule has 0 aliphatic rings. The molecule has 3 rings (SSSR count). The first kappa shape index (κ1) is 24.6. The van der Waals surface area contributed by atoms with Crippen LogP contribution in [0.1, 0.15) is 10.4 Å². The number of carbonyl (C=O) groups is 2. The Morgan fingerprint density at radius 3 is 2.32 bits per heavy atom. The number of ether oxygens (including phenoxy) is 2. The normalized spacial score (nSPS) is 10.8.